The van der Waals surface area contributed by atoms with E-state index in [4.69, 9.17) is 21.1 Å². The minimum atomic E-state index is -0.638. The number of nitrogens with zero attached hydrogens (tertiary/aromatic N) is 2. The summed E-state index contributed by atoms with van der Waals surface area (Å²) in [4.78, 5) is 31.2. The molecule has 164 valence electrons. The first-order chi connectivity index (χ1) is 15.5. The van der Waals surface area contributed by atoms with Crippen LogP contribution < -0.4 is 14.8 Å². The molecule has 0 radical (unpaired) electrons. The fourth-order valence-corrected chi connectivity index (χ4v) is 3.81. The summed E-state index contributed by atoms with van der Waals surface area (Å²) in [5, 5.41) is 2.96. The van der Waals surface area contributed by atoms with Crippen LogP contribution in [0.4, 0.5) is 5.69 Å². The zero-order valence-corrected chi connectivity index (χ0v) is 18.4. The summed E-state index contributed by atoms with van der Waals surface area (Å²) < 4.78 is 11.3. The number of aromatic nitrogens is 1. The Morgan fingerprint density at radius 1 is 1.25 bits per heavy atom. The number of fused-ring (bicyclic) bond motifs is 1. The predicted octanol–water partition coefficient (Wildman–Crippen LogP) is 4.31. The number of amides is 2. The Hall–Kier alpha value is -3.58. The highest BCUT2D eigenvalue weighted by atomic mass is 35.5. The second kappa shape index (κ2) is 9.28. The maximum Gasteiger partial charge on any atom is 0.263 e. The number of halogens is 1. The Kier molecular flexibility index (Phi) is 6.28. The van der Waals surface area contributed by atoms with Crippen molar-refractivity contribution < 1.29 is 19.1 Å². The minimum absolute atomic E-state index is 0.125. The molecule has 2 aromatic carbocycles. The van der Waals surface area contributed by atoms with Gasteiger partial charge in [0.1, 0.15) is 16.7 Å². The summed E-state index contributed by atoms with van der Waals surface area (Å²) >= 11 is 6.03. The Balaban J connectivity index is 1.59. The van der Waals surface area contributed by atoms with Crippen LogP contribution in [-0.4, -0.2) is 34.9 Å². The van der Waals surface area contributed by atoms with E-state index in [0.717, 1.165) is 11.1 Å². The maximum atomic E-state index is 13.0. The maximum absolute atomic E-state index is 13.0. The second-order valence-electron chi connectivity index (χ2n) is 7.38. The fourth-order valence-electron chi connectivity index (χ4n) is 3.60. The Morgan fingerprint density at radius 3 is 2.84 bits per heavy atom. The zero-order chi connectivity index (χ0) is 22.7. The van der Waals surface area contributed by atoms with Gasteiger partial charge in [-0.3, -0.25) is 9.59 Å². The van der Waals surface area contributed by atoms with Crippen LogP contribution in [0.5, 0.6) is 11.5 Å². The van der Waals surface area contributed by atoms with E-state index < -0.39 is 6.10 Å². The van der Waals surface area contributed by atoms with Crippen LogP contribution in [0.15, 0.2) is 60.8 Å². The van der Waals surface area contributed by atoms with Gasteiger partial charge in [-0.25, -0.2) is 4.98 Å². The van der Waals surface area contributed by atoms with Crippen molar-refractivity contribution in [3.8, 4) is 11.5 Å². The number of methoxy groups -OCH3 is 1. The molecule has 32 heavy (non-hydrogen) atoms. The van der Waals surface area contributed by atoms with E-state index in [9.17, 15) is 9.59 Å². The quantitative estimate of drug-likeness (QED) is 0.585. The van der Waals surface area contributed by atoms with E-state index >= 15 is 0 Å². The standard InChI is InChI=1S/C24H22ClN3O4/c1-15-24(30)28(13-16-6-3-4-8-20(16)31-2)14-17-12-18(9-10-21(17)32-15)27-23(29)19-7-5-11-26-22(19)25/h3-12,15H,13-14H2,1-2H3,(H,27,29). The summed E-state index contributed by atoms with van der Waals surface area (Å²) in [7, 11) is 1.60. The lowest BCUT2D eigenvalue weighted by molar-refractivity contribution is -0.138. The van der Waals surface area contributed by atoms with Crippen LogP contribution in [-0.2, 0) is 17.9 Å². The molecule has 0 fully saturated rings. The molecule has 0 spiro atoms. The van der Waals surface area contributed by atoms with Crippen molar-refractivity contribution in [2.24, 2.45) is 0 Å². The van der Waals surface area contributed by atoms with E-state index in [1.165, 1.54) is 6.20 Å². The number of rotatable bonds is 5. The molecule has 1 aliphatic rings. The van der Waals surface area contributed by atoms with Crippen LogP contribution in [0.3, 0.4) is 0 Å². The minimum Gasteiger partial charge on any atom is -0.496 e. The molecule has 2 heterocycles. The first-order valence-electron chi connectivity index (χ1n) is 10.1. The molecule has 0 aliphatic carbocycles. The average Bonchev–Trinajstić information content (AvgIpc) is 2.90. The van der Waals surface area contributed by atoms with E-state index in [2.05, 4.69) is 10.3 Å². The SMILES string of the molecule is COc1ccccc1CN1Cc2cc(NC(=O)c3cccnc3Cl)ccc2OC(C)C1=O. The van der Waals surface area contributed by atoms with Gasteiger partial charge in [-0.1, -0.05) is 29.8 Å². The van der Waals surface area contributed by atoms with Gasteiger partial charge in [0.05, 0.1) is 12.7 Å². The third-order valence-electron chi connectivity index (χ3n) is 5.20. The zero-order valence-electron chi connectivity index (χ0n) is 17.7. The van der Waals surface area contributed by atoms with Crippen molar-refractivity contribution in [3.63, 3.8) is 0 Å². The predicted molar refractivity (Wildman–Crippen MR) is 121 cm³/mol. The number of carbonyl (C=O) groups excluding carboxylic acids is 2. The number of benzene rings is 2. The smallest absolute Gasteiger partial charge is 0.263 e. The Labute approximate surface area is 190 Å². The number of para-hydroxylation sites is 1. The molecule has 1 unspecified atom stereocenters. The van der Waals surface area contributed by atoms with Crippen LogP contribution in [0.25, 0.3) is 0 Å². The van der Waals surface area contributed by atoms with Crippen molar-refractivity contribution in [2.45, 2.75) is 26.1 Å². The largest absolute Gasteiger partial charge is 0.496 e. The fraction of sp³-hybridized carbons (Fsp3) is 0.208. The van der Waals surface area contributed by atoms with Gasteiger partial charge in [-0.2, -0.15) is 0 Å². The molecule has 1 N–H and O–H groups in total. The number of carbonyl (C=O) groups is 2. The van der Waals surface area contributed by atoms with Crippen molar-refractivity contribution in [1.29, 1.82) is 0 Å². The first kappa shape index (κ1) is 21.6. The molecule has 3 aromatic rings. The number of anilines is 1. The van der Waals surface area contributed by atoms with Gasteiger partial charge in [-0.15, -0.1) is 0 Å². The molecule has 0 bridgehead atoms. The molecule has 0 saturated carbocycles. The number of nitrogens with one attached hydrogen (secondary N) is 1. The summed E-state index contributed by atoms with van der Waals surface area (Å²) in [5.74, 6) is 0.825. The van der Waals surface area contributed by atoms with Crippen LogP contribution >= 0.6 is 11.6 Å². The van der Waals surface area contributed by atoms with Gasteiger partial charge in [-0.05, 0) is 43.3 Å². The molecule has 8 heteroatoms. The molecule has 0 saturated heterocycles. The number of hydrogen-bond acceptors (Lipinski definition) is 5. The van der Waals surface area contributed by atoms with Crippen molar-refractivity contribution in [1.82, 2.24) is 9.88 Å². The van der Waals surface area contributed by atoms with Crippen molar-refractivity contribution in [2.75, 3.05) is 12.4 Å². The lowest BCUT2D eigenvalue weighted by Gasteiger charge is -2.23. The van der Waals surface area contributed by atoms with Gasteiger partial charge in [0.15, 0.2) is 6.10 Å². The highest BCUT2D eigenvalue weighted by Crippen LogP contribution is 2.30. The van der Waals surface area contributed by atoms with Gasteiger partial charge < -0.3 is 19.7 Å². The lowest BCUT2D eigenvalue weighted by atomic mass is 10.1. The molecule has 1 atom stereocenters. The third-order valence-corrected chi connectivity index (χ3v) is 5.50. The molecule has 2 amide bonds. The molecule has 1 aliphatic heterocycles. The van der Waals surface area contributed by atoms with Crippen LogP contribution in [0.2, 0.25) is 5.15 Å². The van der Waals surface area contributed by atoms with Crippen LogP contribution in [0.1, 0.15) is 28.4 Å². The summed E-state index contributed by atoms with van der Waals surface area (Å²) in [6.45, 7) is 2.43. The lowest BCUT2D eigenvalue weighted by Crippen LogP contribution is -2.37. The summed E-state index contributed by atoms with van der Waals surface area (Å²) in [5.41, 5.74) is 2.53. The Morgan fingerprint density at radius 2 is 2.06 bits per heavy atom. The van der Waals surface area contributed by atoms with Crippen molar-refractivity contribution >= 4 is 29.1 Å². The molecule has 4 rings (SSSR count). The molecular weight excluding hydrogens is 430 g/mol. The molecule has 7 nitrogen and oxygen atoms in total. The second-order valence-corrected chi connectivity index (χ2v) is 7.74. The normalized spacial score (nSPS) is 15.4. The van der Waals surface area contributed by atoms with Crippen LogP contribution in [0, 0.1) is 0 Å². The summed E-state index contributed by atoms with van der Waals surface area (Å²) in [6, 6.07) is 16.1. The number of hydrogen-bond donors (Lipinski definition) is 1. The average molecular weight is 452 g/mol. The van der Waals surface area contributed by atoms with E-state index in [-0.39, 0.29) is 22.5 Å². The van der Waals surface area contributed by atoms with E-state index in [1.54, 1.807) is 49.3 Å². The Bertz CT molecular complexity index is 1170. The van der Waals surface area contributed by atoms with E-state index in [0.29, 0.717) is 30.3 Å². The highest BCUT2D eigenvalue weighted by Gasteiger charge is 2.28. The van der Waals surface area contributed by atoms with Crippen molar-refractivity contribution in [3.05, 3.63) is 82.6 Å². The van der Waals surface area contributed by atoms with E-state index in [1.807, 2.05) is 24.3 Å². The molecular formula is C24H22ClN3O4. The monoisotopic (exact) mass is 451 g/mol. The molecule has 1 aromatic heterocycles. The summed E-state index contributed by atoms with van der Waals surface area (Å²) in [6.07, 6.45) is 0.883. The van der Waals surface area contributed by atoms with Gasteiger partial charge in [0, 0.05) is 36.1 Å². The number of pyridine rings is 1. The third kappa shape index (κ3) is 4.53. The highest BCUT2D eigenvalue weighted by molar-refractivity contribution is 6.33. The first-order valence-corrected chi connectivity index (χ1v) is 10.5. The number of ether oxygens (including phenoxy) is 2. The topological polar surface area (TPSA) is 80.8 Å². The van der Waals surface area contributed by atoms with Gasteiger partial charge >= 0.3 is 0 Å². The van der Waals surface area contributed by atoms with Gasteiger partial charge in [0.2, 0.25) is 0 Å². The van der Waals surface area contributed by atoms with Gasteiger partial charge in [0.25, 0.3) is 11.8 Å².